The van der Waals surface area contributed by atoms with E-state index in [4.69, 9.17) is 9.31 Å². The zero-order valence-corrected chi connectivity index (χ0v) is 25.7. The zero-order chi connectivity index (χ0) is 30.1. The average molecular weight is 571 g/mol. The smallest absolute Gasteiger partial charge is 0.399 e. The molecule has 2 nitrogen and oxygen atoms in total. The van der Waals surface area contributed by atoms with Gasteiger partial charge in [0.2, 0.25) is 0 Å². The maximum atomic E-state index is 6.53. The number of fused-ring (bicyclic) bond motifs is 4. The van der Waals surface area contributed by atoms with Crippen LogP contribution in [-0.2, 0) is 14.7 Å². The maximum absolute atomic E-state index is 6.53. The Bertz CT molecular complexity index is 1970. The second-order valence-corrected chi connectivity index (χ2v) is 13.1. The van der Waals surface area contributed by atoms with Crippen molar-refractivity contribution in [1.82, 2.24) is 0 Å². The molecule has 6 aromatic carbocycles. The van der Waals surface area contributed by atoms with Crippen molar-refractivity contribution < 1.29 is 9.31 Å². The fourth-order valence-corrected chi connectivity index (χ4v) is 7.37. The van der Waals surface area contributed by atoms with Gasteiger partial charge < -0.3 is 9.31 Å². The highest BCUT2D eigenvalue weighted by Gasteiger charge is 2.52. The molecule has 0 spiro atoms. The molecule has 214 valence electrons. The second kappa shape index (κ2) is 9.79. The molecule has 6 aromatic rings. The van der Waals surface area contributed by atoms with Crippen LogP contribution in [0.5, 0.6) is 0 Å². The van der Waals surface area contributed by atoms with Crippen molar-refractivity contribution in [3.8, 4) is 22.3 Å². The predicted molar refractivity (Wildman–Crippen MR) is 182 cm³/mol. The van der Waals surface area contributed by atoms with E-state index < -0.39 is 23.7 Å². The van der Waals surface area contributed by atoms with Crippen molar-refractivity contribution >= 4 is 23.4 Å². The van der Waals surface area contributed by atoms with Gasteiger partial charge in [0.25, 0.3) is 0 Å². The molecule has 1 aliphatic heterocycles. The van der Waals surface area contributed by atoms with Crippen LogP contribution in [0.2, 0.25) is 0 Å². The quantitative estimate of drug-likeness (QED) is 0.197. The third-order valence-corrected chi connectivity index (χ3v) is 10.2. The minimum absolute atomic E-state index is 0.403. The first-order chi connectivity index (χ1) is 21.3. The van der Waals surface area contributed by atoms with Gasteiger partial charge in [-0.15, -0.1) is 0 Å². The molecule has 1 fully saturated rings. The molecule has 0 bridgehead atoms. The summed E-state index contributed by atoms with van der Waals surface area (Å²) < 4.78 is 13.1. The fraction of sp³-hybridized carbons (Fsp3) is 0.171. The molecule has 8 rings (SSSR count). The summed E-state index contributed by atoms with van der Waals surface area (Å²) in [5.41, 5.74) is 10.0. The number of hydrogen-bond donors (Lipinski definition) is 0. The van der Waals surface area contributed by atoms with Crippen molar-refractivity contribution in [2.75, 3.05) is 0 Å². The van der Waals surface area contributed by atoms with Crippen LogP contribution in [0.1, 0.15) is 49.9 Å². The van der Waals surface area contributed by atoms with Crippen molar-refractivity contribution in [3.63, 3.8) is 0 Å². The first-order valence-corrected chi connectivity index (χ1v) is 15.5. The van der Waals surface area contributed by atoms with Crippen LogP contribution in [0.25, 0.3) is 33.0 Å². The molecule has 0 atom stereocenters. The van der Waals surface area contributed by atoms with Crippen LogP contribution in [0.15, 0.2) is 140 Å². The van der Waals surface area contributed by atoms with Gasteiger partial charge in [0.1, 0.15) is 0 Å². The lowest BCUT2D eigenvalue weighted by molar-refractivity contribution is 0.00578. The normalized spacial score (nSPS) is 17.4. The van der Waals surface area contributed by atoms with Crippen LogP contribution in [-0.4, -0.2) is 18.3 Å². The standard InChI is InChI=1S/C41H35BO2/c1-39(2)40(3,4)44-42(43-39)37-24-13-15-28-25-26-29(27-34(28)37)32-21-14-23-36-38(32)33-20-11-12-22-35(33)41(36,30-16-7-5-8-17-30)31-18-9-6-10-19-31/h5-27H,1-4H3. The lowest BCUT2D eigenvalue weighted by Crippen LogP contribution is -2.41. The molecule has 0 radical (unpaired) electrons. The van der Waals surface area contributed by atoms with Crippen LogP contribution in [0.4, 0.5) is 0 Å². The van der Waals surface area contributed by atoms with Gasteiger partial charge in [0.05, 0.1) is 16.6 Å². The highest BCUT2D eigenvalue weighted by molar-refractivity contribution is 6.65. The molecule has 1 saturated heterocycles. The van der Waals surface area contributed by atoms with E-state index in [-0.39, 0.29) is 0 Å². The average Bonchev–Trinajstić information content (AvgIpc) is 3.48. The molecule has 44 heavy (non-hydrogen) atoms. The summed E-state index contributed by atoms with van der Waals surface area (Å²) in [5.74, 6) is 0. The molecule has 0 aromatic heterocycles. The van der Waals surface area contributed by atoms with E-state index in [1.807, 2.05) is 0 Å². The van der Waals surface area contributed by atoms with Gasteiger partial charge in [-0.1, -0.05) is 133 Å². The van der Waals surface area contributed by atoms with Crippen LogP contribution in [0, 0.1) is 0 Å². The summed E-state index contributed by atoms with van der Waals surface area (Å²) in [7, 11) is -0.426. The van der Waals surface area contributed by atoms with Gasteiger partial charge in [-0.3, -0.25) is 0 Å². The van der Waals surface area contributed by atoms with Gasteiger partial charge in [-0.25, -0.2) is 0 Å². The van der Waals surface area contributed by atoms with Crippen molar-refractivity contribution in [3.05, 3.63) is 162 Å². The summed E-state index contributed by atoms with van der Waals surface area (Å²) in [5, 5.41) is 2.33. The highest BCUT2D eigenvalue weighted by Crippen LogP contribution is 2.58. The minimum Gasteiger partial charge on any atom is -0.399 e. The molecular formula is C41H35BO2. The number of hydrogen-bond acceptors (Lipinski definition) is 2. The Morgan fingerprint density at radius 1 is 0.500 bits per heavy atom. The lowest BCUT2D eigenvalue weighted by Gasteiger charge is -2.34. The van der Waals surface area contributed by atoms with Crippen molar-refractivity contribution in [2.24, 2.45) is 0 Å². The van der Waals surface area contributed by atoms with Gasteiger partial charge in [-0.2, -0.15) is 0 Å². The van der Waals surface area contributed by atoms with Crippen molar-refractivity contribution in [2.45, 2.75) is 44.3 Å². The van der Waals surface area contributed by atoms with Crippen LogP contribution < -0.4 is 5.46 Å². The molecule has 3 heteroatoms. The summed E-state index contributed by atoms with van der Waals surface area (Å²) in [6.07, 6.45) is 0. The third-order valence-electron chi connectivity index (χ3n) is 10.2. The number of rotatable bonds is 4. The zero-order valence-electron chi connectivity index (χ0n) is 25.7. The Morgan fingerprint density at radius 2 is 1.07 bits per heavy atom. The van der Waals surface area contributed by atoms with E-state index in [0.717, 1.165) is 10.8 Å². The molecule has 0 amide bonds. The fourth-order valence-electron chi connectivity index (χ4n) is 7.37. The van der Waals surface area contributed by atoms with E-state index in [9.17, 15) is 0 Å². The molecule has 0 unspecified atom stereocenters. The highest BCUT2D eigenvalue weighted by atomic mass is 16.7. The second-order valence-electron chi connectivity index (χ2n) is 13.1. The van der Waals surface area contributed by atoms with Gasteiger partial charge in [0.15, 0.2) is 0 Å². The van der Waals surface area contributed by atoms with E-state index in [0.29, 0.717) is 0 Å². The Balaban J connectivity index is 1.38. The van der Waals surface area contributed by atoms with Crippen molar-refractivity contribution in [1.29, 1.82) is 0 Å². The van der Waals surface area contributed by atoms with Crippen LogP contribution >= 0.6 is 0 Å². The maximum Gasteiger partial charge on any atom is 0.495 e. The Morgan fingerprint density at radius 3 is 1.75 bits per heavy atom. The molecule has 1 aliphatic carbocycles. The van der Waals surface area contributed by atoms with E-state index >= 15 is 0 Å². The topological polar surface area (TPSA) is 18.5 Å². The molecule has 0 saturated carbocycles. The van der Waals surface area contributed by atoms with Crippen LogP contribution in [0.3, 0.4) is 0 Å². The molecule has 1 heterocycles. The molecule has 0 N–H and O–H groups in total. The first-order valence-electron chi connectivity index (χ1n) is 15.5. The first kappa shape index (κ1) is 27.1. The molecule has 2 aliphatic rings. The summed E-state index contributed by atoms with van der Waals surface area (Å²) in [4.78, 5) is 0. The lowest BCUT2D eigenvalue weighted by atomic mass is 9.67. The van der Waals surface area contributed by atoms with E-state index in [1.54, 1.807) is 0 Å². The summed E-state index contributed by atoms with van der Waals surface area (Å²) in [6, 6.07) is 51.0. The molecular weight excluding hydrogens is 535 g/mol. The summed E-state index contributed by atoms with van der Waals surface area (Å²) >= 11 is 0. The Labute approximate surface area is 260 Å². The minimum atomic E-state index is -0.426. The summed E-state index contributed by atoms with van der Waals surface area (Å²) in [6.45, 7) is 8.44. The third kappa shape index (κ3) is 3.83. The monoisotopic (exact) mass is 570 g/mol. The van der Waals surface area contributed by atoms with E-state index in [1.165, 1.54) is 49.9 Å². The predicted octanol–water partition coefficient (Wildman–Crippen LogP) is 9.17. The van der Waals surface area contributed by atoms with Gasteiger partial charge >= 0.3 is 7.12 Å². The Hall–Kier alpha value is -4.44. The Kier molecular flexibility index (Phi) is 6.04. The van der Waals surface area contributed by atoms with Gasteiger partial charge in [0, 0.05) is 0 Å². The SMILES string of the molecule is CC1(C)OB(c2cccc3ccc(-c4cccc5c4-c4ccccc4C5(c4ccccc4)c4ccccc4)cc23)OC1(C)C. The largest absolute Gasteiger partial charge is 0.495 e. The number of benzene rings is 6. The van der Waals surface area contributed by atoms with Gasteiger partial charge in [-0.05, 0) is 94.5 Å². The van der Waals surface area contributed by atoms with E-state index in [2.05, 4.69) is 167 Å².